The number of amides is 3. The summed E-state index contributed by atoms with van der Waals surface area (Å²) in [5, 5.41) is 7.44. The van der Waals surface area contributed by atoms with Gasteiger partial charge >= 0.3 is 12.0 Å². The Hall–Kier alpha value is -3.52. The van der Waals surface area contributed by atoms with Gasteiger partial charge in [-0.25, -0.2) is 14.6 Å². The number of esters is 1. The van der Waals surface area contributed by atoms with Crippen LogP contribution in [0.3, 0.4) is 0 Å². The zero-order chi connectivity index (χ0) is 26.7. The minimum Gasteiger partial charge on any atom is -0.449 e. The zero-order valence-electron chi connectivity index (χ0n) is 21.9. The lowest BCUT2D eigenvalue weighted by Gasteiger charge is -2.36. The standard InChI is InChI=1S/C29H33N3O4S/c1-6-30-28(35)32-26(33)17(2)36-27(34)24-21-11-7-8-12-23(21)31-25-18(15-20-10-9-13-37-20)14-19(16-22(24)25)29(3,4)5/h7-13,15,17,19H,6,14,16H2,1-5H3,(H2,30,32,33,35)/b18-15-/t17-,19+/m1/s1. The second kappa shape index (κ2) is 10.8. The summed E-state index contributed by atoms with van der Waals surface area (Å²) in [6, 6.07) is 11.0. The number of allylic oxidation sites excluding steroid dienone is 1. The first-order valence-electron chi connectivity index (χ1n) is 12.5. The van der Waals surface area contributed by atoms with Gasteiger partial charge in [-0.15, -0.1) is 11.3 Å². The molecule has 0 bridgehead atoms. The third kappa shape index (κ3) is 5.91. The van der Waals surface area contributed by atoms with Crippen LogP contribution in [0.2, 0.25) is 0 Å². The molecule has 0 unspecified atom stereocenters. The van der Waals surface area contributed by atoms with Gasteiger partial charge in [-0.1, -0.05) is 45.0 Å². The molecule has 0 saturated carbocycles. The number of aromatic nitrogens is 1. The van der Waals surface area contributed by atoms with Crippen LogP contribution >= 0.6 is 11.3 Å². The summed E-state index contributed by atoms with van der Waals surface area (Å²) in [4.78, 5) is 44.1. The van der Waals surface area contributed by atoms with E-state index in [-0.39, 0.29) is 11.3 Å². The molecular weight excluding hydrogens is 486 g/mol. The molecule has 194 valence electrons. The lowest BCUT2D eigenvalue weighted by atomic mass is 9.69. The monoisotopic (exact) mass is 519 g/mol. The van der Waals surface area contributed by atoms with Gasteiger partial charge in [0.1, 0.15) is 0 Å². The topological polar surface area (TPSA) is 97.4 Å². The molecule has 1 aliphatic rings. The summed E-state index contributed by atoms with van der Waals surface area (Å²) >= 11 is 1.66. The molecule has 0 aliphatic heterocycles. The average Bonchev–Trinajstić information content (AvgIpc) is 3.35. The van der Waals surface area contributed by atoms with Crippen molar-refractivity contribution < 1.29 is 19.1 Å². The van der Waals surface area contributed by atoms with Gasteiger partial charge in [-0.2, -0.15) is 0 Å². The number of urea groups is 1. The molecule has 0 fully saturated rings. The fraction of sp³-hybridized carbons (Fsp3) is 0.379. The Morgan fingerprint density at radius 1 is 1.16 bits per heavy atom. The molecule has 3 amide bonds. The minimum absolute atomic E-state index is 0.00112. The van der Waals surface area contributed by atoms with Gasteiger partial charge in [-0.3, -0.25) is 10.1 Å². The molecule has 2 atom stereocenters. The molecule has 2 N–H and O–H groups in total. The number of fused-ring (bicyclic) bond motifs is 2. The van der Waals surface area contributed by atoms with Crippen molar-refractivity contribution in [3.63, 3.8) is 0 Å². The van der Waals surface area contributed by atoms with Crippen LogP contribution in [0.15, 0.2) is 41.8 Å². The predicted molar refractivity (Wildman–Crippen MR) is 147 cm³/mol. The average molecular weight is 520 g/mol. The molecule has 1 aliphatic carbocycles. The van der Waals surface area contributed by atoms with E-state index in [0.29, 0.717) is 29.4 Å². The first kappa shape index (κ1) is 26.5. The second-order valence-corrected chi connectivity index (χ2v) is 11.4. The Labute approximate surface area is 221 Å². The van der Waals surface area contributed by atoms with Crippen LogP contribution in [0.1, 0.15) is 67.5 Å². The number of hydrogen-bond donors (Lipinski definition) is 2. The summed E-state index contributed by atoms with van der Waals surface area (Å²) in [5.41, 5.74) is 3.86. The van der Waals surface area contributed by atoms with Gasteiger partial charge in [0.25, 0.3) is 5.91 Å². The number of carbonyl (C=O) groups excluding carboxylic acids is 3. The molecule has 0 saturated heterocycles. The van der Waals surface area contributed by atoms with Crippen molar-refractivity contribution in [1.29, 1.82) is 0 Å². The van der Waals surface area contributed by atoms with E-state index in [1.165, 1.54) is 6.92 Å². The van der Waals surface area contributed by atoms with E-state index in [4.69, 9.17) is 9.72 Å². The van der Waals surface area contributed by atoms with Gasteiger partial charge in [0.15, 0.2) is 6.10 Å². The fourth-order valence-electron chi connectivity index (χ4n) is 4.61. The summed E-state index contributed by atoms with van der Waals surface area (Å²) in [6.45, 7) is 10.2. The van der Waals surface area contributed by atoms with Gasteiger partial charge in [0, 0.05) is 16.8 Å². The minimum atomic E-state index is -1.15. The van der Waals surface area contributed by atoms with E-state index in [0.717, 1.165) is 28.1 Å². The Morgan fingerprint density at radius 2 is 1.92 bits per heavy atom. The first-order chi connectivity index (χ1) is 17.6. The molecule has 2 aromatic heterocycles. The van der Waals surface area contributed by atoms with Crippen LogP contribution in [0.5, 0.6) is 0 Å². The molecule has 8 heteroatoms. The van der Waals surface area contributed by atoms with E-state index in [1.807, 2.05) is 35.7 Å². The molecule has 2 heterocycles. The Morgan fingerprint density at radius 3 is 2.59 bits per heavy atom. The third-order valence-electron chi connectivity index (χ3n) is 6.73. The summed E-state index contributed by atoms with van der Waals surface area (Å²) in [6.07, 6.45) is 2.53. The maximum atomic E-state index is 13.7. The van der Waals surface area contributed by atoms with Crippen LogP contribution in [0, 0.1) is 11.3 Å². The van der Waals surface area contributed by atoms with Crippen LogP contribution < -0.4 is 10.6 Å². The lowest BCUT2D eigenvalue weighted by molar-refractivity contribution is -0.127. The molecule has 1 aromatic carbocycles. The van der Waals surface area contributed by atoms with E-state index >= 15 is 0 Å². The second-order valence-electron chi connectivity index (χ2n) is 10.4. The molecule has 0 radical (unpaired) electrons. The van der Waals surface area contributed by atoms with Crippen molar-refractivity contribution in [1.82, 2.24) is 15.6 Å². The number of hydrogen-bond acceptors (Lipinski definition) is 6. The van der Waals surface area contributed by atoms with Gasteiger partial charge < -0.3 is 10.1 Å². The van der Waals surface area contributed by atoms with Gasteiger partial charge in [-0.05, 0) is 72.7 Å². The molecule has 37 heavy (non-hydrogen) atoms. The quantitative estimate of drug-likeness (QED) is 0.413. The number of carbonyl (C=O) groups is 3. The van der Waals surface area contributed by atoms with Crippen LogP contribution in [0.25, 0.3) is 22.6 Å². The number of pyridine rings is 1. The van der Waals surface area contributed by atoms with Crippen molar-refractivity contribution in [3.05, 3.63) is 63.5 Å². The normalized spacial score (nSPS) is 17.2. The number of nitrogens with zero attached hydrogens (tertiary/aromatic N) is 1. The maximum Gasteiger partial charge on any atom is 0.339 e. The predicted octanol–water partition coefficient (Wildman–Crippen LogP) is 5.84. The van der Waals surface area contributed by atoms with Crippen molar-refractivity contribution in [2.45, 2.75) is 53.6 Å². The highest BCUT2D eigenvalue weighted by Crippen LogP contribution is 2.45. The molecule has 3 aromatic rings. The van der Waals surface area contributed by atoms with Crippen molar-refractivity contribution in [3.8, 4) is 0 Å². The molecule has 4 rings (SSSR count). The SMILES string of the molecule is CCNC(=O)NC(=O)[C@@H](C)OC(=O)c1c2c(nc3ccccc13)/C(=C\c1cccs1)C[C@H](C(C)(C)C)C2. The van der Waals surface area contributed by atoms with Crippen molar-refractivity contribution in [2.24, 2.45) is 11.3 Å². The van der Waals surface area contributed by atoms with Crippen molar-refractivity contribution >= 4 is 51.8 Å². The highest BCUT2D eigenvalue weighted by molar-refractivity contribution is 7.10. The third-order valence-corrected chi connectivity index (χ3v) is 7.55. The van der Waals surface area contributed by atoms with E-state index in [2.05, 4.69) is 43.5 Å². The summed E-state index contributed by atoms with van der Waals surface area (Å²) in [7, 11) is 0. The van der Waals surface area contributed by atoms with Crippen LogP contribution in [-0.4, -0.2) is 35.5 Å². The van der Waals surface area contributed by atoms with Crippen LogP contribution in [-0.2, 0) is 16.0 Å². The number of thiophene rings is 1. The summed E-state index contributed by atoms with van der Waals surface area (Å²) < 4.78 is 5.64. The maximum absolute atomic E-state index is 13.7. The first-order valence-corrected chi connectivity index (χ1v) is 13.4. The number of para-hydroxylation sites is 1. The number of rotatable bonds is 5. The highest BCUT2D eigenvalue weighted by atomic mass is 32.1. The smallest absolute Gasteiger partial charge is 0.339 e. The highest BCUT2D eigenvalue weighted by Gasteiger charge is 2.36. The molecule has 0 spiro atoms. The number of imide groups is 1. The van der Waals surface area contributed by atoms with E-state index in [1.54, 1.807) is 18.3 Å². The Bertz CT molecular complexity index is 1360. The lowest BCUT2D eigenvalue weighted by Crippen LogP contribution is -2.44. The fourth-order valence-corrected chi connectivity index (χ4v) is 5.29. The Balaban J connectivity index is 1.80. The number of nitrogens with one attached hydrogen (secondary N) is 2. The molecular formula is C29H33N3O4S. The largest absolute Gasteiger partial charge is 0.449 e. The summed E-state index contributed by atoms with van der Waals surface area (Å²) in [5.74, 6) is -1.00. The number of benzene rings is 1. The van der Waals surface area contributed by atoms with Crippen LogP contribution in [0.4, 0.5) is 4.79 Å². The van der Waals surface area contributed by atoms with Gasteiger partial charge in [0.05, 0.1) is 16.8 Å². The van der Waals surface area contributed by atoms with Gasteiger partial charge in [0.2, 0.25) is 0 Å². The molecule has 7 nitrogen and oxygen atoms in total. The number of ether oxygens (including phenoxy) is 1. The zero-order valence-corrected chi connectivity index (χ0v) is 22.7. The van der Waals surface area contributed by atoms with Crippen molar-refractivity contribution in [2.75, 3.05) is 6.54 Å². The van der Waals surface area contributed by atoms with E-state index < -0.39 is 24.0 Å². The Kier molecular flexibility index (Phi) is 7.78. The van der Waals surface area contributed by atoms with E-state index in [9.17, 15) is 14.4 Å².